The zero-order valence-corrected chi connectivity index (χ0v) is 10.0. The topological polar surface area (TPSA) is 41.8 Å². The molecule has 1 aromatic heterocycles. The molecule has 1 aliphatic carbocycles. The van der Waals surface area contributed by atoms with Crippen LogP contribution in [0.25, 0.3) is 10.9 Å². The van der Waals surface area contributed by atoms with Crippen molar-refractivity contribution >= 4 is 22.5 Å². The van der Waals surface area contributed by atoms with E-state index in [1.54, 1.807) is 0 Å². The van der Waals surface area contributed by atoms with Crippen LogP contribution in [-0.4, -0.2) is 4.98 Å². The largest absolute Gasteiger partial charge is 0.361 e. The number of H-pyrrole nitrogens is 1. The number of halogens is 1. The lowest BCUT2D eigenvalue weighted by atomic mass is 9.85. The van der Waals surface area contributed by atoms with Gasteiger partial charge in [0.25, 0.3) is 0 Å². The first-order valence-corrected chi connectivity index (χ1v) is 5.97. The number of hydrogen-bond acceptors (Lipinski definition) is 1. The predicted molar refractivity (Wildman–Crippen MR) is 72.1 cm³/mol. The lowest BCUT2D eigenvalue weighted by Gasteiger charge is -2.26. The van der Waals surface area contributed by atoms with Crippen molar-refractivity contribution in [2.75, 3.05) is 0 Å². The molecule has 17 heavy (non-hydrogen) atoms. The van der Waals surface area contributed by atoms with Crippen molar-refractivity contribution in [1.82, 2.24) is 4.98 Å². The summed E-state index contributed by atoms with van der Waals surface area (Å²) >= 11 is 5.97. The van der Waals surface area contributed by atoms with Crippen molar-refractivity contribution < 1.29 is 0 Å². The molecule has 3 N–H and O–H groups in total. The van der Waals surface area contributed by atoms with Gasteiger partial charge in [-0.2, -0.15) is 0 Å². The van der Waals surface area contributed by atoms with Crippen LogP contribution in [0, 0.1) is 0 Å². The molecule has 3 rings (SSSR count). The van der Waals surface area contributed by atoms with Gasteiger partial charge in [-0.05, 0) is 18.6 Å². The van der Waals surface area contributed by atoms with E-state index in [4.69, 9.17) is 17.3 Å². The summed E-state index contributed by atoms with van der Waals surface area (Å²) in [6, 6.07) is 5.84. The zero-order valence-electron chi connectivity index (χ0n) is 9.28. The van der Waals surface area contributed by atoms with Gasteiger partial charge in [-0.1, -0.05) is 42.0 Å². The molecule has 1 atom stereocenters. The molecular formula is C14H13ClN2. The molecule has 0 spiro atoms. The Morgan fingerprint density at radius 1 is 1.29 bits per heavy atom. The highest BCUT2D eigenvalue weighted by Gasteiger charge is 2.26. The van der Waals surface area contributed by atoms with Gasteiger partial charge in [0.15, 0.2) is 0 Å². The Bertz CT molecular complexity index is 624. The summed E-state index contributed by atoms with van der Waals surface area (Å²) in [6.45, 7) is 0. The van der Waals surface area contributed by atoms with Gasteiger partial charge in [0.1, 0.15) is 0 Å². The molecule has 0 saturated carbocycles. The van der Waals surface area contributed by atoms with Gasteiger partial charge < -0.3 is 10.7 Å². The van der Waals surface area contributed by atoms with E-state index in [0.29, 0.717) is 0 Å². The Morgan fingerprint density at radius 3 is 2.94 bits per heavy atom. The molecule has 0 saturated heterocycles. The van der Waals surface area contributed by atoms with Crippen LogP contribution in [0.4, 0.5) is 0 Å². The van der Waals surface area contributed by atoms with Crippen LogP contribution < -0.4 is 5.73 Å². The third-order valence-electron chi connectivity index (χ3n) is 3.24. The molecule has 86 valence electrons. The van der Waals surface area contributed by atoms with Crippen LogP contribution in [0.15, 0.2) is 48.7 Å². The third kappa shape index (κ3) is 1.70. The van der Waals surface area contributed by atoms with Crippen LogP contribution in [0.5, 0.6) is 0 Å². The van der Waals surface area contributed by atoms with E-state index in [9.17, 15) is 0 Å². The third-order valence-corrected chi connectivity index (χ3v) is 3.48. The van der Waals surface area contributed by atoms with Crippen LogP contribution in [0.3, 0.4) is 0 Å². The summed E-state index contributed by atoms with van der Waals surface area (Å²) < 4.78 is 0. The summed E-state index contributed by atoms with van der Waals surface area (Å²) in [5.74, 6) is 0. The highest BCUT2D eigenvalue weighted by atomic mass is 35.5. The maximum atomic E-state index is 6.44. The van der Waals surface area contributed by atoms with Gasteiger partial charge in [-0.15, -0.1) is 0 Å². The van der Waals surface area contributed by atoms with Crippen molar-refractivity contribution in [2.24, 2.45) is 5.73 Å². The van der Waals surface area contributed by atoms with E-state index in [1.165, 1.54) is 0 Å². The highest BCUT2D eigenvalue weighted by molar-refractivity contribution is 6.31. The lowest BCUT2D eigenvalue weighted by molar-refractivity contribution is 0.570. The smallest absolute Gasteiger partial charge is 0.0654 e. The fraction of sp³-hybridized carbons (Fsp3) is 0.143. The standard InChI is InChI=1S/C14H13ClN2/c15-10-4-5-11-12(9-17-13(11)8-10)14(16)6-2-1-3-7-14/h1-6,8-9,17H,7,16H2. The van der Waals surface area contributed by atoms with Gasteiger partial charge >= 0.3 is 0 Å². The molecule has 0 bridgehead atoms. The second-order valence-electron chi connectivity index (χ2n) is 4.42. The SMILES string of the molecule is NC1(c2c[nH]c3cc(Cl)ccc23)C=CC=CC1. The lowest BCUT2D eigenvalue weighted by Crippen LogP contribution is -2.34. The number of rotatable bonds is 1. The molecule has 1 aromatic carbocycles. The summed E-state index contributed by atoms with van der Waals surface area (Å²) in [5.41, 5.74) is 8.17. The van der Waals surface area contributed by atoms with Crippen LogP contribution in [-0.2, 0) is 5.54 Å². The Hall–Kier alpha value is -1.51. The van der Waals surface area contributed by atoms with Gasteiger partial charge in [-0.25, -0.2) is 0 Å². The Kier molecular flexibility index (Phi) is 2.35. The quantitative estimate of drug-likeness (QED) is 0.792. The van der Waals surface area contributed by atoms with Gasteiger partial charge in [0, 0.05) is 27.7 Å². The van der Waals surface area contributed by atoms with E-state index in [0.717, 1.165) is 27.9 Å². The number of aromatic nitrogens is 1. The van der Waals surface area contributed by atoms with Crippen molar-refractivity contribution in [2.45, 2.75) is 12.0 Å². The number of allylic oxidation sites excluding steroid dienone is 2. The fourth-order valence-corrected chi connectivity index (χ4v) is 2.49. The first-order chi connectivity index (χ1) is 8.19. The number of fused-ring (bicyclic) bond motifs is 1. The monoisotopic (exact) mass is 244 g/mol. The zero-order chi connectivity index (χ0) is 11.9. The number of nitrogens with two attached hydrogens (primary N) is 1. The molecular weight excluding hydrogens is 232 g/mol. The molecule has 2 aromatic rings. The van der Waals surface area contributed by atoms with Crippen molar-refractivity contribution in [3.8, 4) is 0 Å². The van der Waals surface area contributed by atoms with Crippen LogP contribution in [0.1, 0.15) is 12.0 Å². The van der Waals surface area contributed by atoms with Crippen LogP contribution in [0.2, 0.25) is 5.02 Å². The summed E-state index contributed by atoms with van der Waals surface area (Å²) in [7, 11) is 0. The molecule has 3 heteroatoms. The highest BCUT2D eigenvalue weighted by Crippen LogP contribution is 2.33. The van der Waals surface area contributed by atoms with E-state index in [1.807, 2.05) is 42.6 Å². The summed E-state index contributed by atoms with van der Waals surface area (Å²) in [5, 5.41) is 1.87. The first kappa shape index (κ1) is 10.6. The molecule has 0 amide bonds. The number of benzene rings is 1. The average molecular weight is 245 g/mol. The van der Waals surface area contributed by atoms with E-state index < -0.39 is 5.54 Å². The fourth-order valence-electron chi connectivity index (χ4n) is 2.32. The molecule has 1 heterocycles. The van der Waals surface area contributed by atoms with E-state index in [-0.39, 0.29) is 0 Å². The van der Waals surface area contributed by atoms with Crippen LogP contribution >= 0.6 is 11.6 Å². The van der Waals surface area contributed by atoms with E-state index in [2.05, 4.69) is 11.1 Å². The molecule has 0 radical (unpaired) electrons. The van der Waals surface area contributed by atoms with Crippen molar-refractivity contribution in [3.05, 3.63) is 59.3 Å². The predicted octanol–water partition coefficient (Wildman–Crippen LogP) is 3.49. The summed E-state index contributed by atoms with van der Waals surface area (Å²) in [6.07, 6.45) is 11.0. The van der Waals surface area contributed by atoms with Crippen molar-refractivity contribution in [3.63, 3.8) is 0 Å². The molecule has 0 aliphatic heterocycles. The minimum atomic E-state index is -0.416. The first-order valence-electron chi connectivity index (χ1n) is 5.59. The molecule has 0 fully saturated rings. The normalized spacial score (nSPS) is 23.4. The maximum absolute atomic E-state index is 6.44. The minimum Gasteiger partial charge on any atom is -0.361 e. The van der Waals surface area contributed by atoms with E-state index >= 15 is 0 Å². The number of aromatic amines is 1. The Balaban J connectivity index is 2.18. The van der Waals surface area contributed by atoms with Gasteiger partial charge in [-0.3, -0.25) is 0 Å². The second kappa shape index (κ2) is 3.76. The van der Waals surface area contributed by atoms with Gasteiger partial charge in [0.05, 0.1) is 5.54 Å². The Morgan fingerprint density at radius 2 is 2.18 bits per heavy atom. The number of nitrogens with one attached hydrogen (secondary N) is 1. The molecule has 1 aliphatic rings. The van der Waals surface area contributed by atoms with Crippen molar-refractivity contribution in [1.29, 1.82) is 0 Å². The number of hydrogen-bond donors (Lipinski definition) is 2. The minimum absolute atomic E-state index is 0.416. The molecule has 1 unspecified atom stereocenters. The molecule has 2 nitrogen and oxygen atoms in total. The maximum Gasteiger partial charge on any atom is 0.0654 e. The summed E-state index contributed by atoms with van der Waals surface area (Å²) in [4.78, 5) is 3.23. The Labute approximate surface area is 105 Å². The second-order valence-corrected chi connectivity index (χ2v) is 4.86. The average Bonchev–Trinajstić information content (AvgIpc) is 2.73. The van der Waals surface area contributed by atoms with Gasteiger partial charge in [0.2, 0.25) is 0 Å².